The van der Waals surface area contributed by atoms with Gasteiger partial charge in [-0.15, -0.1) is 0 Å². The van der Waals surface area contributed by atoms with E-state index in [-0.39, 0.29) is 22.9 Å². The molecule has 0 saturated heterocycles. The summed E-state index contributed by atoms with van der Waals surface area (Å²) >= 11 is 0. The minimum absolute atomic E-state index is 0.0237. The van der Waals surface area contributed by atoms with Crippen LogP contribution in [0.1, 0.15) is 27.9 Å². The number of ketones is 1. The van der Waals surface area contributed by atoms with Gasteiger partial charge in [0.15, 0.2) is 5.78 Å². The molecule has 5 heteroatoms. The molecule has 0 atom stereocenters. The van der Waals surface area contributed by atoms with E-state index in [0.717, 1.165) is 17.3 Å². The number of nitrogen functional groups attached to an aromatic ring is 1. The van der Waals surface area contributed by atoms with E-state index in [2.05, 4.69) is 5.32 Å². The number of carbonyl (C=O) groups excluding carboxylic acids is 2. The summed E-state index contributed by atoms with van der Waals surface area (Å²) in [5.41, 5.74) is 8.21. The van der Waals surface area contributed by atoms with Crippen molar-refractivity contribution in [1.29, 1.82) is 0 Å². The van der Waals surface area contributed by atoms with Crippen molar-refractivity contribution in [2.45, 2.75) is 12.8 Å². The summed E-state index contributed by atoms with van der Waals surface area (Å²) in [6.07, 6.45) is 1.00. The fourth-order valence-electron chi connectivity index (χ4n) is 2.42. The Balaban J connectivity index is 1.97. The summed E-state index contributed by atoms with van der Waals surface area (Å²) in [5.74, 6) is -0.756. The highest BCUT2D eigenvalue weighted by Gasteiger charge is 2.18. The maximum absolute atomic E-state index is 13.0. The van der Waals surface area contributed by atoms with Crippen LogP contribution in [0.3, 0.4) is 0 Å². The number of anilines is 2. The Morgan fingerprint density at radius 2 is 1.95 bits per heavy atom. The van der Waals surface area contributed by atoms with Crippen LogP contribution < -0.4 is 11.1 Å². The standard InChI is InChI=1S/C16H13FN2O2/c17-11-3-4-12(13(18)8-11)16(21)10-1-5-14-9(7-10)2-6-15(20)19-14/h1,3-5,7-8H,2,6,18H2,(H,19,20). The van der Waals surface area contributed by atoms with Gasteiger partial charge in [-0.05, 0) is 48.4 Å². The number of halogens is 1. The molecular weight excluding hydrogens is 271 g/mol. The Bertz CT molecular complexity index is 756. The second-order valence-electron chi connectivity index (χ2n) is 4.98. The number of hydrogen-bond donors (Lipinski definition) is 2. The van der Waals surface area contributed by atoms with E-state index in [4.69, 9.17) is 5.73 Å². The first-order valence-corrected chi connectivity index (χ1v) is 6.57. The fraction of sp³-hybridized carbons (Fsp3) is 0.125. The summed E-state index contributed by atoms with van der Waals surface area (Å²) in [7, 11) is 0. The van der Waals surface area contributed by atoms with Crippen LogP contribution in [0.15, 0.2) is 36.4 Å². The smallest absolute Gasteiger partial charge is 0.224 e. The van der Waals surface area contributed by atoms with Crippen molar-refractivity contribution < 1.29 is 14.0 Å². The molecule has 1 aliphatic rings. The average Bonchev–Trinajstić information content (AvgIpc) is 2.46. The lowest BCUT2D eigenvalue weighted by molar-refractivity contribution is -0.116. The van der Waals surface area contributed by atoms with Gasteiger partial charge in [0.05, 0.1) is 0 Å². The third kappa shape index (κ3) is 2.50. The Hall–Kier alpha value is -2.69. The van der Waals surface area contributed by atoms with Gasteiger partial charge in [0, 0.05) is 28.9 Å². The lowest BCUT2D eigenvalue weighted by atomic mass is 9.96. The first kappa shape index (κ1) is 13.3. The molecule has 0 bridgehead atoms. The van der Waals surface area contributed by atoms with E-state index in [1.165, 1.54) is 12.1 Å². The molecule has 4 nitrogen and oxygen atoms in total. The molecular formula is C16H13FN2O2. The largest absolute Gasteiger partial charge is 0.398 e. The van der Waals surface area contributed by atoms with Gasteiger partial charge in [0.25, 0.3) is 0 Å². The number of fused-ring (bicyclic) bond motifs is 1. The lowest BCUT2D eigenvalue weighted by Gasteiger charge is -2.17. The summed E-state index contributed by atoms with van der Waals surface area (Å²) in [6.45, 7) is 0. The van der Waals surface area contributed by atoms with Gasteiger partial charge < -0.3 is 11.1 Å². The first-order valence-electron chi connectivity index (χ1n) is 6.57. The molecule has 0 spiro atoms. The molecule has 1 amide bonds. The molecule has 0 fully saturated rings. The molecule has 3 rings (SSSR count). The van der Waals surface area contributed by atoms with Gasteiger partial charge in [-0.2, -0.15) is 0 Å². The number of nitrogens with two attached hydrogens (primary N) is 1. The zero-order chi connectivity index (χ0) is 15.0. The second-order valence-corrected chi connectivity index (χ2v) is 4.98. The van der Waals surface area contributed by atoms with Crippen LogP contribution in [0.4, 0.5) is 15.8 Å². The van der Waals surface area contributed by atoms with Crippen LogP contribution in [-0.4, -0.2) is 11.7 Å². The van der Waals surface area contributed by atoms with E-state index in [1.807, 2.05) is 0 Å². The van der Waals surface area contributed by atoms with E-state index < -0.39 is 5.82 Å². The minimum atomic E-state index is -0.475. The van der Waals surface area contributed by atoms with Gasteiger partial charge in [-0.3, -0.25) is 9.59 Å². The second kappa shape index (κ2) is 5.01. The van der Waals surface area contributed by atoms with Crippen molar-refractivity contribution in [3.63, 3.8) is 0 Å². The highest BCUT2D eigenvalue weighted by molar-refractivity contribution is 6.12. The molecule has 0 aliphatic carbocycles. The lowest BCUT2D eigenvalue weighted by Crippen LogP contribution is -2.19. The van der Waals surface area contributed by atoms with Crippen molar-refractivity contribution in [3.8, 4) is 0 Å². The van der Waals surface area contributed by atoms with Crippen LogP contribution in [0.2, 0.25) is 0 Å². The van der Waals surface area contributed by atoms with Crippen LogP contribution in [-0.2, 0) is 11.2 Å². The quantitative estimate of drug-likeness (QED) is 0.657. The minimum Gasteiger partial charge on any atom is -0.398 e. The van der Waals surface area contributed by atoms with E-state index in [9.17, 15) is 14.0 Å². The molecule has 0 aromatic heterocycles. The van der Waals surface area contributed by atoms with Gasteiger partial charge in [-0.1, -0.05) is 0 Å². The third-order valence-corrected chi connectivity index (χ3v) is 3.52. The summed E-state index contributed by atoms with van der Waals surface area (Å²) in [6, 6.07) is 8.82. The molecule has 1 aliphatic heterocycles. The van der Waals surface area contributed by atoms with Gasteiger partial charge >= 0.3 is 0 Å². The topological polar surface area (TPSA) is 72.2 Å². The highest BCUT2D eigenvalue weighted by atomic mass is 19.1. The molecule has 2 aromatic rings. The van der Waals surface area contributed by atoms with Gasteiger partial charge in [-0.25, -0.2) is 4.39 Å². The summed E-state index contributed by atoms with van der Waals surface area (Å²) in [5, 5.41) is 2.76. The van der Waals surface area contributed by atoms with E-state index >= 15 is 0 Å². The Morgan fingerprint density at radius 1 is 1.14 bits per heavy atom. The van der Waals surface area contributed by atoms with Gasteiger partial charge in [0.1, 0.15) is 5.82 Å². The summed E-state index contributed by atoms with van der Waals surface area (Å²) in [4.78, 5) is 23.8. The highest BCUT2D eigenvalue weighted by Crippen LogP contribution is 2.26. The average molecular weight is 284 g/mol. The zero-order valence-corrected chi connectivity index (χ0v) is 11.2. The number of rotatable bonds is 2. The molecule has 1 heterocycles. The Kier molecular flexibility index (Phi) is 3.17. The van der Waals surface area contributed by atoms with Crippen LogP contribution in [0.25, 0.3) is 0 Å². The predicted octanol–water partition coefficient (Wildman–Crippen LogP) is 2.52. The van der Waals surface area contributed by atoms with Crippen LogP contribution >= 0.6 is 0 Å². The fourth-order valence-corrected chi connectivity index (χ4v) is 2.42. The third-order valence-electron chi connectivity index (χ3n) is 3.52. The number of amides is 1. The van der Waals surface area contributed by atoms with Crippen LogP contribution in [0.5, 0.6) is 0 Å². The molecule has 106 valence electrons. The first-order chi connectivity index (χ1) is 10.0. The van der Waals surface area contributed by atoms with Crippen molar-refractivity contribution in [2.24, 2.45) is 0 Å². The van der Waals surface area contributed by atoms with E-state index in [0.29, 0.717) is 18.4 Å². The predicted molar refractivity (Wildman–Crippen MR) is 77.6 cm³/mol. The maximum Gasteiger partial charge on any atom is 0.224 e. The molecule has 2 aromatic carbocycles. The number of hydrogen-bond acceptors (Lipinski definition) is 3. The number of nitrogens with one attached hydrogen (secondary N) is 1. The molecule has 0 radical (unpaired) electrons. The SMILES string of the molecule is Nc1cc(F)ccc1C(=O)c1ccc2c(c1)CCC(=O)N2. The summed E-state index contributed by atoms with van der Waals surface area (Å²) < 4.78 is 13.0. The zero-order valence-electron chi connectivity index (χ0n) is 11.2. The van der Waals surface area contributed by atoms with Gasteiger partial charge in [0.2, 0.25) is 5.91 Å². The Morgan fingerprint density at radius 3 is 2.71 bits per heavy atom. The number of benzene rings is 2. The van der Waals surface area contributed by atoms with Crippen molar-refractivity contribution >= 4 is 23.1 Å². The van der Waals surface area contributed by atoms with E-state index in [1.54, 1.807) is 18.2 Å². The maximum atomic E-state index is 13.0. The molecule has 3 N–H and O–H groups in total. The van der Waals surface area contributed by atoms with Crippen LogP contribution in [0, 0.1) is 5.82 Å². The molecule has 0 saturated carbocycles. The monoisotopic (exact) mass is 284 g/mol. The number of carbonyl (C=O) groups is 2. The molecule has 21 heavy (non-hydrogen) atoms. The van der Waals surface area contributed by atoms with Crippen molar-refractivity contribution in [3.05, 3.63) is 58.9 Å². The molecule has 0 unspecified atom stereocenters. The van der Waals surface area contributed by atoms with Crippen molar-refractivity contribution in [1.82, 2.24) is 0 Å². The Labute approximate surface area is 120 Å². The normalized spacial score (nSPS) is 13.5. The number of aryl methyl sites for hydroxylation is 1. The van der Waals surface area contributed by atoms with Crippen molar-refractivity contribution in [2.75, 3.05) is 11.1 Å².